The molecule has 0 aromatic heterocycles. The Bertz CT molecular complexity index is 666. The van der Waals surface area contributed by atoms with Crippen LogP contribution in [0.1, 0.15) is 36.6 Å². The quantitative estimate of drug-likeness (QED) is 0.931. The molecule has 110 valence electrons. The van der Waals surface area contributed by atoms with Gasteiger partial charge in [-0.1, -0.05) is 30.3 Å². The summed E-state index contributed by atoms with van der Waals surface area (Å²) >= 11 is 0. The lowest BCUT2D eigenvalue weighted by atomic mass is 9.95. The van der Waals surface area contributed by atoms with E-state index in [9.17, 15) is 4.39 Å². The minimum atomic E-state index is -0.212. The SMILES string of the molecule is CC1(C)Cc2cc(C(N)Cc3ccccc3F)ccc2O1. The van der Waals surface area contributed by atoms with Gasteiger partial charge in [0.1, 0.15) is 17.2 Å². The van der Waals surface area contributed by atoms with Crippen molar-refractivity contribution < 1.29 is 9.13 Å². The highest BCUT2D eigenvalue weighted by atomic mass is 19.1. The Morgan fingerprint density at radius 2 is 2.00 bits per heavy atom. The van der Waals surface area contributed by atoms with Gasteiger partial charge in [0.15, 0.2) is 0 Å². The van der Waals surface area contributed by atoms with Gasteiger partial charge >= 0.3 is 0 Å². The number of benzene rings is 2. The topological polar surface area (TPSA) is 35.2 Å². The molecule has 2 aromatic rings. The van der Waals surface area contributed by atoms with Crippen molar-refractivity contribution in [1.82, 2.24) is 0 Å². The molecule has 1 aliphatic rings. The predicted octanol–water partition coefficient (Wildman–Crippen LogP) is 3.78. The maximum atomic E-state index is 13.7. The van der Waals surface area contributed by atoms with Crippen LogP contribution in [0.25, 0.3) is 0 Å². The van der Waals surface area contributed by atoms with E-state index in [0.29, 0.717) is 12.0 Å². The van der Waals surface area contributed by atoms with Crippen LogP contribution in [0.3, 0.4) is 0 Å². The minimum Gasteiger partial charge on any atom is -0.487 e. The molecular formula is C18H20FNO. The van der Waals surface area contributed by atoms with Gasteiger partial charge in [-0.25, -0.2) is 4.39 Å². The van der Waals surface area contributed by atoms with Crippen LogP contribution in [-0.4, -0.2) is 5.60 Å². The number of ether oxygens (including phenoxy) is 1. The number of nitrogens with two attached hydrogens (primary N) is 1. The van der Waals surface area contributed by atoms with Crippen LogP contribution in [0.5, 0.6) is 5.75 Å². The Morgan fingerprint density at radius 1 is 1.24 bits per heavy atom. The Labute approximate surface area is 124 Å². The first kappa shape index (κ1) is 14.1. The lowest BCUT2D eigenvalue weighted by Crippen LogP contribution is -2.24. The molecule has 0 saturated carbocycles. The normalized spacial score (nSPS) is 17.1. The van der Waals surface area contributed by atoms with Crippen LogP contribution in [0.2, 0.25) is 0 Å². The van der Waals surface area contributed by atoms with E-state index >= 15 is 0 Å². The van der Waals surface area contributed by atoms with Gasteiger partial charge in [-0.2, -0.15) is 0 Å². The fourth-order valence-corrected chi connectivity index (χ4v) is 2.88. The molecule has 1 heterocycles. The molecule has 0 radical (unpaired) electrons. The molecule has 2 aromatic carbocycles. The maximum absolute atomic E-state index is 13.7. The molecule has 3 heteroatoms. The smallest absolute Gasteiger partial charge is 0.126 e. The van der Waals surface area contributed by atoms with Crippen molar-refractivity contribution in [2.75, 3.05) is 0 Å². The zero-order valence-electron chi connectivity index (χ0n) is 12.4. The number of hydrogen-bond donors (Lipinski definition) is 1. The molecule has 2 nitrogen and oxygen atoms in total. The average molecular weight is 285 g/mol. The number of hydrogen-bond acceptors (Lipinski definition) is 2. The van der Waals surface area contributed by atoms with Crippen LogP contribution < -0.4 is 10.5 Å². The third kappa shape index (κ3) is 2.93. The lowest BCUT2D eigenvalue weighted by molar-refractivity contribution is 0.138. The Hall–Kier alpha value is -1.87. The molecule has 2 N–H and O–H groups in total. The van der Waals surface area contributed by atoms with Crippen molar-refractivity contribution in [2.24, 2.45) is 5.73 Å². The molecule has 0 aliphatic carbocycles. The van der Waals surface area contributed by atoms with Gasteiger partial charge in [-0.3, -0.25) is 0 Å². The van der Waals surface area contributed by atoms with Crippen LogP contribution in [-0.2, 0) is 12.8 Å². The average Bonchev–Trinajstić information content (AvgIpc) is 2.74. The Balaban J connectivity index is 1.81. The highest BCUT2D eigenvalue weighted by Crippen LogP contribution is 2.36. The van der Waals surface area contributed by atoms with Crippen LogP contribution in [0.4, 0.5) is 4.39 Å². The van der Waals surface area contributed by atoms with Crippen LogP contribution >= 0.6 is 0 Å². The zero-order chi connectivity index (χ0) is 15.0. The first-order valence-electron chi connectivity index (χ1n) is 7.25. The Morgan fingerprint density at radius 3 is 2.76 bits per heavy atom. The molecule has 1 aliphatic heterocycles. The second-order valence-electron chi connectivity index (χ2n) is 6.31. The van der Waals surface area contributed by atoms with E-state index in [-0.39, 0.29) is 17.5 Å². The monoisotopic (exact) mass is 285 g/mol. The van der Waals surface area contributed by atoms with E-state index in [1.165, 1.54) is 11.6 Å². The number of fused-ring (bicyclic) bond motifs is 1. The van der Waals surface area contributed by atoms with E-state index in [4.69, 9.17) is 10.5 Å². The molecule has 0 bridgehead atoms. The summed E-state index contributed by atoms with van der Waals surface area (Å²) in [7, 11) is 0. The number of rotatable bonds is 3. The molecule has 21 heavy (non-hydrogen) atoms. The van der Waals surface area contributed by atoms with Crippen LogP contribution in [0.15, 0.2) is 42.5 Å². The van der Waals surface area contributed by atoms with Crippen molar-refractivity contribution in [3.63, 3.8) is 0 Å². The molecule has 1 unspecified atom stereocenters. The standard InChI is InChI=1S/C18H20FNO/c1-18(2)11-14-9-13(7-8-17(14)21-18)16(20)10-12-5-3-4-6-15(12)19/h3-9,16H,10-11,20H2,1-2H3. The fourth-order valence-electron chi connectivity index (χ4n) is 2.88. The van der Waals surface area contributed by atoms with Gasteiger partial charge in [-0.15, -0.1) is 0 Å². The van der Waals surface area contributed by atoms with Gasteiger partial charge in [-0.05, 0) is 49.1 Å². The molecule has 0 amide bonds. The van der Waals surface area contributed by atoms with Gasteiger partial charge in [0, 0.05) is 12.5 Å². The van der Waals surface area contributed by atoms with Crippen LogP contribution in [0, 0.1) is 5.82 Å². The van der Waals surface area contributed by atoms with E-state index in [1.807, 2.05) is 18.2 Å². The summed E-state index contributed by atoms with van der Waals surface area (Å²) < 4.78 is 19.6. The number of halogens is 1. The largest absolute Gasteiger partial charge is 0.487 e. The Kier molecular flexibility index (Phi) is 3.46. The molecule has 0 fully saturated rings. The van der Waals surface area contributed by atoms with E-state index in [0.717, 1.165) is 17.7 Å². The lowest BCUT2D eigenvalue weighted by Gasteiger charge is -2.16. The maximum Gasteiger partial charge on any atom is 0.126 e. The summed E-state index contributed by atoms with van der Waals surface area (Å²) in [6.07, 6.45) is 1.37. The first-order chi connectivity index (χ1) is 9.94. The second-order valence-corrected chi connectivity index (χ2v) is 6.31. The van der Waals surface area contributed by atoms with E-state index in [2.05, 4.69) is 19.9 Å². The summed E-state index contributed by atoms with van der Waals surface area (Å²) in [4.78, 5) is 0. The zero-order valence-corrected chi connectivity index (χ0v) is 12.4. The van der Waals surface area contributed by atoms with E-state index in [1.54, 1.807) is 12.1 Å². The van der Waals surface area contributed by atoms with Crippen molar-refractivity contribution in [3.8, 4) is 5.75 Å². The van der Waals surface area contributed by atoms with Crippen molar-refractivity contribution in [1.29, 1.82) is 0 Å². The third-order valence-electron chi connectivity index (χ3n) is 3.91. The van der Waals surface area contributed by atoms with Crippen molar-refractivity contribution in [3.05, 3.63) is 65.0 Å². The van der Waals surface area contributed by atoms with Gasteiger partial charge in [0.05, 0.1) is 0 Å². The summed E-state index contributed by atoms with van der Waals surface area (Å²) in [6, 6.07) is 12.6. The second kappa shape index (κ2) is 5.15. The fraction of sp³-hybridized carbons (Fsp3) is 0.333. The van der Waals surface area contributed by atoms with Crippen molar-refractivity contribution >= 4 is 0 Å². The van der Waals surface area contributed by atoms with E-state index < -0.39 is 0 Å². The third-order valence-corrected chi connectivity index (χ3v) is 3.91. The van der Waals surface area contributed by atoms with Gasteiger partial charge in [0.25, 0.3) is 0 Å². The van der Waals surface area contributed by atoms with Gasteiger partial charge < -0.3 is 10.5 Å². The summed E-state index contributed by atoms with van der Waals surface area (Å²) in [5.74, 6) is 0.736. The molecule has 0 saturated heterocycles. The molecular weight excluding hydrogens is 265 g/mol. The molecule has 1 atom stereocenters. The van der Waals surface area contributed by atoms with Gasteiger partial charge in [0.2, 0.25) is 0 Å². The highest BCUT2D eigenvalue weighted by Gasteiger charge is 2.30. The summed E-state index contributed by atoms with van der Waals surface area (Å²) in [5, 5.41) is 0. The predicted molar refractivity (Wildman–Crippen MR) is 81.9 cm³/mol. The first-order valence-corrected chi connectivity index (χ1v) is 7.25. The summed E-state index contributed by atoms with van der Waals surface area (Å²) in [5.41, 5.74) is 8.96. The molecule has 3 rings (SSSR count). The summed E-state index contributed by atoms with van der Waals surface area (Å²) in [6.45, 7) is 4.15. The highest BCUT2D eigenvalue weighted by molar-refractivity contribution is 5.43. The van der Waals surface area contributed by atoms with Crippen molar-refractivity contribution in [2.45, 2.75) is 38.3 Å². The molecule has 0 spiro atoms. The minimum absolute atomic E-state index is 0.156.